The van der Waals surface area contributed by atoms with Crippen LogP contribution in [0.25, 0.3) is 0 Å². The summed E-state index contributed by atoms with van der Waals surface area (Å²) in [5, 5.41) is 0.494. The molecule has 0 aliphatic heterocycles. The molecule has 0 radical (unpaired) electrons. The monoisotopic (exact) mass is 279 g/mol. The van der Waals surface area contributed by atoms with Crippen molar-refractivity contribution in [2.75, 3.05) is 0 Å². The van der Waals surface area contributed by atoms with Gasteiger partial charge in [-0.05, 0) is 42.8 Å². The molecule has 0 fully saturated rings. The molecule has 0 aromatic heterocycles. The molecule has 2 aromatic carbocycles. The molecule has 0 bridgehead atoms. The van der Waals surface area contributed by atoms with Crippen LogP contribution in [0, 0.1) is 5.82 Å². The summed E-state index contributed by atoms with van der Waals surface area (Å²) in [7, 11) is 0. The third-order valence-electron chi connectivity index (χ3n) is 2.81. The molecule has 0 amide bonds. The zero-order valence-electron chi connectivity index (χ0n) is 10.6. The number of ether oxygens (including phenoxy) is 1. The molecule has 2 aromatic rings. The van der Waals surface area contributed by atoms with Crippen LogP contribution in [-0.2, 0) is 6.61 Å². The van der Waals surface area contributed by atoms with Crippen LogP contribution < -0.4 is 10.5 Å². The first-order chi connectivity index (χ1) is 9.06. The summed E-state index contributed by atoms with van der Waals surface area (Å²) < 4.78 is 18.7. The van der Waals surface area contributed by atoms with Gasteiger partial charge in [-0.3, -0.25) is 0 Å². The van der Waals surface area contributed by atoms with Crippen molar-refractivity contribution < 1.29 is 9.13 Å². The number of halogens is 2. The highest BCUT2D eigenvalue weighted by Crippen LogP contribution is 2.21. The van der Waals surface area contributed by atoms with Crippen LogP contribution in [0.2, 0.25) is 5.02 Å². The van der Waals surface area contributed by atoms with E-state index in [0.29, 0.717) is 16.3 Å². The summed E-state index contributed by atoms with van der Waals surface area (Å²) in [6, 6.07) is 11.7. The molecule has 0 spiro atoms. The molecule has 0 aliphatic rings. The van der Waals surface area contributed by atoms with E-state index in [1.165, 1.54) is 18.2 Å². The standard InChI is InChI=1S/C15H15ClFNO/c1-10(18)11-2-5-14(6-3-11)19-9-12-8-13(17)4-7-15(12)16/h2-8,10H,9,18H2,1H3. The smallest absolute Gasteiger partial charge is 0.123 e. The van der Waals surface area contributed by atoms with Gasteiger partial charge in [0, 0.05) is 16.6 Å². The van der Waals surface area contributed by atoms with Gasteiger partial charge in [0.15, 0.2) is 0 Å². The highest BCUT2D eigenvalue weighted by atomic mass is 35.5. The van der Waals surface area contributed by atoms with Crippen molar-refractivity contribution in [2.45, 2.75) is 19.6 Å². The minimum absolute atomic E-state index is 0.00767. The highest BCUT2D eigenvalue weighted by Gasteiger charge is 2.04. The molecular formula is C15H15ClFNO. The van der Waals surface area contributed by atoms with E-state index in [0.717, 1.165) is 5.56 Å². The van der Waals surface area contributed by atoms with E-state index in [-0.39, 0.29) is 18.5 Å². The quantitative estimate of drug-likeness (QED) is 0.915. The Balaban J connectivity index is 2.04. The lowest BCUT2D eigenvalue weighted by Crippen LogP contribution is -2.04. The first kappa shape index (κ1) is 13.8. The van der Waals surface area contributed by atoms with Gasteiger partial charge in [-0.2, -0.15) is 0 Å². The van der Waals surface area contributed by atoms with Gasteiger partial charge in [-0.25, -0.2) is 4.39 Å². The topological polar surface area (TPSA) is 35.2 Å². The minimum Gasteiger partial charge on any atom is -0.489 e. The lowest BCUT2D eigenvalue weighted by Gasteiger charge is -2.10. The van der Waals surface area contributed by atoms with E-state index in [2.05, 4.69) is 0 Å². The lowest BCUT2D eigenvalue weighted by molar-refractivity contribution is 0.305. The van der Waals surface area contributed by atoms with Crippen LogP contribution in [0.4, 0.5) is 4.39 Å². The largest absolute Gasteiger partial charge is 0.489 e. The maximum atomic E-state index is 13.1. The van der Waals surface area contributed by atoms with Crippen LogP contribution in [0.15, 0.2) is 42.5 Å². The van der Waals surface area contributed by atoms with E-state index in [9.17, 15) is 4.39 Å². The van der Waals surface area contributed by atoms with Crippen LogP contribution in [0.5, 0.6) is 5.75 Å². The highest BCUT2D eigenvalue weighted by molar-refractivity contribution is 6.31. The molecule has 4 heteroatoms. The maximum absolute atomic E-state index is 13.1. The van der Waals surface area contributed by atoms with E-state index < -0.39 is 0 Å². The predicted molar refractivity (Wildman–Crippen MR) is 74.8 cm³/mol. The molecule has 0 heterocycles. The fourth-order valence-electron chi connectivity index (χ4n) is 1.68. The molecule has 1 unspecified atom stereocenters. The molecule has 0 saturated heterocycles. The van der Waals surface area contributed by atoms with Crippen molar-refractivity contribution in [2.24, 2.45) is 5.73 Å². The summed E-state index contributed by atoms with van der Waals surface area (Å²) in [5.41, 5.74) is 7.43. The van der Waals surface area contributed by atoms with Crippen molar-refractivity contribution in [3.63, 3.8) is 0 Å². The second-order valence-electron chi connectivity index (χ2n) is 4.38. The molecular weight excluding hydrogens is 265 g/mol. The number of hydrogen-bond donors (Lipinski definition) is 1. The van der Waals surface area contributed by atoms with Gasteiger partial charge in [0.2, 0.25) is 0 Å². The molecule has 100 valence electrons. The number of rotatable bonds is 4. The van der Waals surface area contributed by atoms with Gasteiger partial charge in [-0.15, -0.1) is 0 Å². The van der Waals surface area contributed by atoms with Gasteiger partial charge in [-0.1, -0.05) is 23.7 Å². The summed E-state index contributed by atoms with van der Waals surface area (Å²) >= 11 is 5.97. The van der Waals surface area contributed by atoms with Gasteiger partial charge in [0.1, 0.15) is 18.2 Å². The molecule has 1 atom stereocenters. The Morgan fingerprint density at radius 1 is 1.21 bits per heavy atom. The SMILES string of the molecule is CC(N)c1ccc(OCc2cc(F)ccc2Cl)cc1. The van der Waals surface area contributed by atoms with Crippen LogP contribution >= 0.6 is 11.6 Å². The van der Waals surface area contributed by atoms with Crippen molar-refractivity contribution in [1.29, 1.82) is 0 Å². The number of benzene rings is 2. The zero-order chi connectivity index (χ0) is 13.8. The zero-order valence-corrected chi connectivity index (χ0v) is 11.3. The average Bonchev–Trinajstić information content (AvgIpc) is 2.40. The third kappa shape index (κ3) is 3.69. The Kier molecular flexibility index (Phi) is 4.40. The molecule has 2 nitrogen and oxygen atoms in total. The maximum Gasteiger partial charge on any atom is 0.123 e. The Bertz CT molecular complexity index is 555. The van der Waals surface area contributed by atoms with E-state index in [4.69, 9.17) is 22.1 Å². The Labute approximate surface area is 117 Å². The Morgan fingerprint density at radius 3 is 2.53 bits per heavy atom. The van der Waals surface area contributed by atoms with Gasteiger partial charge in [0.05, 0.1) is 0 Å². The van der Waals surface area contributed by atoms with Gasteiger partial charge < -0.3 is 10.5 Å². The summed E-state index contributed by atoms with van der Waals surface area (Å²) in [5.74, 6) is 0.375. The molecule has 2 rings (SSSR count). The molecule has 19 heavy (non-hydrogen) atoms. The molecule has 0 saturated carbocycles. The fraction of sp³-hybridized carbons (Fsp3) is 0.200. The summed E-state index contributed by atoms with van der Waals surface area (Å²) in [4.78, 5) is 0. The van der Waals surface area contributed by atoms with E-state index in [1.54, 1.807) is 0 Å². The van der Waals surface area contributed by atoms with E-state index in [1.807, 2.05) is 31.2 Å². The minimum atomic E-state index is -0.324. The Hall–Kier alpha value is -1.58. The van der Waals surface area contributed by atoms with Crippen molar-refractivity contribution in [3.8, 4) is 5.75 Å². The third-order valence-corrected chi connectivity index (χ3v) is 3.18. The van der Waals surface area contributed by atoms with Crippen LogP contribution in [-0.4, -0.2) is 0 Å². The van der Waals surface area contributed by atoms with E-state index >= 15 is 0 Å². The van der Waals surface area contributed by atoms with Gasteiger partial charge in [0.25, 0.3) is 0 Å². The van der Waals surface area contributed by atoms with Crippen molar-refractivity contribution in [1.82, 2.24) is 0 Å². The second kappa shape index (κ2) is 6.04. The predicted octanol–water partition coefficient (Wildman–Crippen LogP) is 4.08. The fourth-order valence-corrected chi connectivity index (χ4v) is 1.85. The molecule has 0 aliphatic carbocycles. The number of nitrogens with two attached hydrogens (primary N) is 1. The Morgan fingerprint density at radius 2 is 1.89 bits per heavy atom. The van der Waals surface area contributed by atoms with Crippen molar-refractivity contribution in [3.05, 3.63) is 64.4 Å². The van der Waals surface area contributed by atoms with Crippen molar-refractivity contribution >= 4 is 11.6 Å². The summed E-state index contributed by atoms with van der Waals surface area (Å²) in [6.07, 6.45) is 0. The lowest BCUT2D eigenvalue weighted by atomic mass is 10.1. The van der Waals surface area contributed by atoms with Crippen LogP contribution in [0.1, 0.15) is 24.1 Å². The second-order valence-corrected chi connectivity index (χ2v) is 4.79. The number of hydrogen-bond acceptors (Lipinski definition) is 2. The van der Waals surface area contributed by atoms with Gasteiger partial charge >= 0.3 is 0 Å². The molecule has 2 N–H and O–H groups in total. The first-order valence-corrected chi connectivity index (χ1v) is 6.36. The van der Waals surface area contributed by atoms with Crippen LogP contribution in [0.3, 0.4) is 0 Å². The average molecular weight is 280 g/mol. The normalized spacial score (nSPS) is 12.2. The summed E-state index contributed by atoms with van der Waals surface area (Å²) in [6.45, 7) is 2.15. The first-order valence-electron chi connectivity index (χ1n) is 5.98.